The lowest BCUT2D eigenvalue weighted by Crippen LogP contribution is -2.12. The van der Waals surface area contributed by atoms with E-state index >= 15 is 0 Å². The van der Waals surface area contributed by atoms with Crippen molar-refractivity contribution in [3.63, 3.8) is 0 Å². The zero-order chi connectivity index (χ0) is 14.5. The third kappa shape index (κ3) is 4.10. The Kier molecular flexibility index (Phi) is 6.01. The van der Waals surface area contributed by atoms with Crippen molar-refractivity contribution >= 4 is 24.0 Å². The van der Waals surface area contributed by atoms with Crippen LogP contribution in [0.5, 0.6) is 0 Å². The number of furan rings is 1. The lowest BCUT2D eigenvalue weighted by Gasteiger charge is -2.03. The summed E-state index contributed by atoms with van der Waals surface area (Å²) in [5.41, 5.74) is 2.06. The molecule has 0 unspecified atom stereocenters. The molecule has 0 aliphatic heterocycles. The molecular formula is C17H16Cl2N2O. The summed E-state index contributed by atoms with van der Waals surface area (Å²) in [6, 6.07) is 15.6. The molecule has 0 radical (unpaired) electrons. The predicted octanol–water partition coefficient (Wildman–Crippen LogP) is 4.71. The van der Waals surface area contributed by atoms with E-state index in [1.54, 1.807) is 6.20 Å². The highest BCUT2D eigenvalue weighted by Crippen LogP contribution is 2.28. The van der Waals surface area contributed by atoms with Crippen molar-refractivity contribution in [3.05, 3.63) is 77.3 Å². The van der Waals surface area contributed by atoms with E-state index in [0.29, 0.717) is 11.6 Å². The summed E-state index contributed by atoms with van der Waals surface area (Å²) in [6.07, 6.45) is 3.62. The van der Waals surface area contributed by atoms with Crippen LogP contribution in [0.4, 0.5) is 0 Å². The van der Waals surface area contributed by atoms with E-state index in [9.17, 15) is 0 Å². The average molecular weight is 335 g/mol. The number of halogens is 2. The van der Waals surface area contributed by atoms with Crippen LogP contribution in [0.15, 0.2) is 65.3 Å². The number of rotatable bonds is 5. The van der Waals surface area contributed by atoms with Gasteiger partial charge in [-0.15, -0.1) is 12.4 Å². The third-order valence-electron chi connectivity index (χ3n) is 3.15. The molecule has 5 heteroatoms. The van der Waals surface area contributed by atoms with Crippen molar-refractivity contribution in [2.24, 2.45) is 0 Å². The Hall–Kier alpha value is -1.81. The van der Waals surface area contributed by atoms with E-state index in [1.165, 1.54) is 0 Å². The molecule has 0 saturated heterocycles. The molecule has 0 aliphatic carbocycles. The molecule has 1 N–H and O–H groups in total. The normalized spacial score (nSPS) is 10.2. The summed E-state index contributed by atoms with van der Waals surface area (Å²) >= 11 is 6.17. The van der Waals surface area contributed by atoms with Crippen molar-refractivity contribution in [2.45, 2.75) is 13.1 Å². The standard InChI is InChI=1S/C17H15ClN2O.ClH/c18-16-6-2-1-5-15(16)17-8-7-14(21-17)12-20-11-13-4-3-9-19-10-13;/h1-10,20H,11-12H2;1H. The molecule has 0 saturated carbocycles. The number of benzene rings is 1. The molecule has 0 fully saturated rings. The SMILES string of the molecule is Cl.Clc1ccccc1-c1ccc(CNCc2cccnc2)o1. The Balaban J connectivity index is 0.00000176. The highest BCUT2D eigenvalue weighted by molar-refractivity contribution is 6.33. The van der Waals surface area contributed by atoms with Gasteiger partial charge >= 0.3 is 0 Å². The zero-order valence-corrected chi connectivity index (χ0v) is 13.4. The third-order valence-corrected chi connectivity index (χ3v) is 3.48. The van der Waals surface area contributed by atoms with Crippen molar-refractivity contribution in [1.82, 2.24) is 10.3 Å². The summed E-state index contributed by atoms with van der Waals surface area (Å²) in [5, 5.41) is 4.03. The molecule has 3 aromatic rings. The van der Waals surface area contributed by atoms with Gasteiger partial charge < -0.3 is 9.73 Å². The van der Waals surface area contributed by atoms with Crippen LogP contribution in [0, 0.1) is 0 Å². The Bertz CT molecular complexity index is 713. The number of hydrogen-bond acceptors (Lipinski definition) is 3. The summed E-state index contributed by atoms with van der Waals surface area (Å²) < 4.78 is 5.83. The predicted molar refractivity (Wildman–Crippen MR) is 91.2 cm³/mol. The molecule has 3 rings (SSSR count). The molecule has 0 bridgehead atoms. The zero-order valence-electron chi connectivity index (χ0n) is 11.8. The van der Waals surface area contributed by atoms with Crippen molar-refractivity contribution in [3.8, 4) is 11.3 Å². The first kappa shape index (κ1) is 16.6. The van der Waals surface area contributed by atoms with Gasteiger partial charge in [0.15, 0.2) is 0 Å². The molecule has 2 heterocycles. The van der Waals surface area contributed by atoms with Crippen molar-refractivity contribution < 1.29 is 4.42 Å². The van der Waals surface area contributed by atoms with Crippen LogP contribution in [0.2, 0.25) is 5.02 Å². The largest absolute Gasteiger partial charge is 0.460 e. The molecule has 0 aliphatic rings. The maximum absolute atomic E-state index is 6.17. The average Bonchev–Trinajstić information content (AvgIpc) is 2.97. The topological polar surface area (TPSA) is 38.1 Å². The number of hydrogen-bond donors (Lipinski definition) is 1. The van der Waals surface area contributed by atoms with E-state index in [2.05, 4.69) is 10.3 Å². The highest BCUT2D eigenvalue weighted by Gasteiger charge is 2.07. The molecule has 22 heavy (non-hydrogen) atoms. The first-order valence-electron chi connectivity index (χ1n) is 6.76. The summed E-state index contributed by atoms with van der Waals surface area (Å²) in [6.45, 7) is 1.43. The second kappa shape index (κ2) is 7.99. The fourth-order valence-corrected chi connectivity index (χ4v) is 2.34. The van der Waals surface area contributed by atoms with Gasteiger partial charge in [0, 0.05) is 24.5 Å². The molecule has 3 nitrogen and oxygen atoms in total. The first-order valence-corrected chi connectivity index (χ1v) is 7.14. The number of pyridine rings is 1. The monoisotopic (exact) mass is 334 g/mol. The van der Waals surface area contributed by atoms with Gasteiger partial charge in [0.1, 0.15) is 11.5 Å². The molecule has 2 aromatic heterocycles. The fourth-order valence-electron chi connectivity index (χ4n) is 2.11. The van der Waals surface area contributed by atoms with Crippen LogP contribution < -0.4 is 5.32 Å². The van der Waals surface area contributed by atoms with Gasteiger partial charge in [0.05, 0.1) is 11.6 Å². The molecule has 0 spiro atoms. The maximum Gasteiger partial charge on any atom is 0.135 e. The van der Waals surface area contributed by atoms with Crippen LogP contribution >= 0.6 is 24.0 Å². The van der Waals surface area contributed by atoms with Crippen molar-refractivity contribution in [2.75, 3.05) is 0 Å². The van der Waals surface area contributed by atoms with Crippen LogP contribution in [0.3, 0.4) is 0 Å². The fraction of sp³-hybridized carbons (Fsp3) is 0.118. The lowest BCUT2D eigenvalue weighted by molar-refractivity contribution is 0.493. The summed E-state index contributed by atoms with van der Waals surface area (Å²) in [4.78, 5) is 4.09. The van der Waals surface area contributed by atoms with Gasteiger partial charge in [-0.3, -0.25) is 4.98 Å². The smallest absolute Gasteiger partial charge is 0.135 e. The van der Waals surface area contributed by atoms with Gasteiger partial charge in [-0.2, -0.15) is 0 Å². The first-order chi connectivity index (χ1) is 10.3. The summed E-state index contributed by atoms with van der Waals surface area (Å²) in [7, 11) is 0. The van der Waals surface area contributed by atoms with E-state index in [1.807, 2.05) is 54.7 Å². The van der Waals surface area contributed by atoms with E-state index < -0.39 is 0 Å². The van der Waals surface area contributed by atoms with E-state index in [0.717, 1.165) is 29.2 Å². The van der Waals surface area contributed by atoms with E-state index in [4.69, 9.17) is 16.0 Å². The van der Waals surface area contributed by atoms with Gasteiger partial charge in [-0.1, -0.05) is 29.8 Å². The molecule has 114 valence electrons. The molecule has 1 aromatic carbocycles. The highest BCUT2D eigenvalue weighted by atomic mass is 35.5. The summed E-state index contributed by atoms with van der Waals surface area (Å²) in [5.74, 6) is 1.67. The van der Waals surface area contributed by atoms with Crippen LogP contribution in [-0.2, 0) is 13.1 Å². The minimum absolute atomic E-state index is 0. The molecule has 0 atom stereocenters. The Morgan fingerprint density at radius 3 is 2.64 bits per heavy atom. The number of nitrogens with one attached hydrogen (secondary N) is 1. The van der Waals surface area contributed by atoms with Gasteiger partial charge in [-0.05, 0) is 35.9 Å². The lowest BCUT2D eigenvalue weighted by atomic mass is 10.2. The quantitative estimate of drug-likeness (QED) is 0.734. The van der Waals surface area contributed by atoms with Crippen LogP contribution in [0.1, 0.15) is 11.3 Å². The Labute approximate surface area is 140 Å². The minimum Gasteiger partial charge on any atom is -0.460 e. The van der Waals surface area contributed by atoms with Crippen molar-refractivity contribution in [1.29, 1.82) is 0 Å². The van der Waals surface area contributed by atoms with Crippen LogP contribution in [0.25, 0.3) is 11.3 Å². The second-order valence-electron chi connectivity index (χ2n) is 4.71. The minimum atomic E-state index is 0. The Morgan fingerprint density at radius 1 is 1.00 bits per heavy atom. The maximum atomic E-state index is 6.17. The van der Waals surface area contributed by atoms with Gasteiger partial charge in [0.25, 0.3) is 0 Å². The second-order valence-corrected chi connectivity index (χ2v) is 5.12. The number of nitrogens with zero attached hydrogens (tertiary/aromatic N) is 1. The van der Waals surface area contributed by atoms with Gasteiger partial charge in [0.2, 0.25) is 0 Å². The molecule has 0 amide bonds. The van der Waals surface area contributed by atoms with E-state index in [-0.39, 0.29) is 12.4 Å². The Morgan fingerprint density at radius 2 is 1.86 bits per heavy atom. The molecular weight excluding hydrogens is 319 g/mol. The van der Waals surface area contributed by atoms with Crippen LogP contribution in [-0.4, -0.2) is 4.98 Å². The number of aromatic nitrogens is 1. The van der Waals surface area contributed by atoms with Gasteiger partial charge in [-0.25, -0.2) is 0 Å².